The van der Waals surface area contributed by atoms with Gasteiger partial charge in [-0.25, -0.2) is 0 Å². The molecule has 0 saturated heterocycles. The van der Waals surface area contributed by atoms with Gasteiger partial charge in [0.1, 0.15) is 10.9 Å². The summed E-state index contributed by atoms with van der Waals surface area (Å²) in [5.41, 5.74) is 1.62. The van der Waals surface area contributed by atoms with Gasteiger partial charge < -0.3 is 0 Å². The molecule has 2 nitrogen and oxygen atoms in total. The summed E-state index contributed by atoms with van der Waals surface area (Å²) >= 11 is 1.36. The van der Waals surface area contributed by atoms with E-state index in [1.807, 2.05) is 31.2 Å². The van der Waals surface area contributed by atoms with Crippen LogP contribution in [-0.4, -0.2) is 6.29 Å². The second kappa shape index (κ2) is 3.24. The van der Waals surface area contributed by atoms with Crippen molar-refractivity contribution >= 4 is 27.7 Å². The molecule has 0 saturated carbocycles. The number of fused-ring (bicyclic) bond motifs is 1. The van der Waals surface area contributed by atoms with Gasteiger partial charge in [-0.2, -0.15) is 5.26 Å². The number of carbonyl (C=O) groups is 1. The van der Waals surface area contributed by atoms with E-state index < -0.39 is 0 Å². The van der Waals surface area contributed by atoms with Crippen molar-refractivity contribution in [1.82, 2.24) is 0 Å². The van der Waals surface area contributed by atoms with Gasteiger partial charge >= 0.3 is 0 Å². The van der Waals surface area contributed by atoms with E-state index in [-0.39, 0.29) is 0 Å². The maximum absolute atomic E-state index is 10.8. The lowest BCUT2D eigenvalue weighted by atomic mass is 10.1. The van der Waals surface area contributed by atoms with Crippen molar-refractivity contribution in [3.63, 3.8) is 0 Å². The largest absolute Gasteiger partial charge is 0.298 e. The maximum atomic E-state index is 10.8. The van der Waals surface area contributed by atoms with Gasteiger partial charge in [-0.1, -0.05) is 11.6 Å². The van der Waals surface area contributed by atoms with Crippen LogP contribution >= 0.6 is 11.3 Å². The van der Waals surface area contributed by atoms with Crippen LogP contribution in [0.25, 0.3) is 10.1 Å². The first-order valence-electron chi connectivity index (χ1n) is 4.14. The Morgan fingerprint density at radius 2 is 2.29 bits per heavy atom. The van der Waals surface area contributed by atoms with Crippen LogP contribution in [0.3, 0.4) is 0 Å². The van der Waals surface area contributed by atoms with E-state index in [1.165, 1.54) is 11.3 Å². The van der Waals surface area contributed by atoms with Gasteiger partial charge in [0.2, 0.25) is 0 Å². The molecule has 0 fully saturated rings. The molecular formula is C11H7NOS. The molecule has 0 bridgehead atoms. The van der Waals surface area contributed by atoms with Gasteiger partial charge in [-0.3, -0.25) is 4.79 Å². The number of hydrogen-bond acceptors (Lipinski definition) is 3. The number of aldehydes is 1. The minimum atomic E-state index is 0.501. The molecule has 14 heavy (non-hydrogen) atoms. The molecule has 0 atom stereocenters. The smallest absolute Gasteiger partial charge is 0.152 e. The molecule has 0 radical (unpaired) electrons. The Bertz CT molecular complexity index is 548. The summed E-state index contributed by atoms with van der Waals surface area (Å²) < 4.78 is 0.995. The fraction of sp³-hybridized carbons (Fsp3) is 0.0909. The Kier molecular flexibility index (Phi) is 2.06. The van der Waals surface area contributed by atoms with Crippen molar-refractivity contribution in [2.45, 2.75) is 6.92 Å². The molecule has 0 unspecified atom stereocenters. The molecule has 0 aliphatic rings. The van der Waals surface area contributed by atoms with Crippen LogP contribution in [0, 0.1) is 18.3 Å². The average Bonchev–Trinajstić information content (AvgIpc) is 2.54. The first kappa shape index (κ1) is 8.92. The quantitative estimate of drug-likeness (QED) is 0.665. The van der Waals surface area contributed by atoms with Crippen molar-refractivity contribution < 1.29 is 4.79 Å². The summed E-state index contributed by atoms with van der Waals surface area (Å²) in [6, 6.07) is 7.91. The number of benzene rings is 1. The molecule has 2 aromatic rings. The van der Waals surface area contributed by atoms with E-state index in [1.54, 1.807) is 0 Å². The third-order valence-electron chi connectivity index (χ3n) is 2.10. The Morgan fingerprint density at radius 1 is 1.50 bits per heavy atom. The molecule has 0 spiro atoms. The first-order valence-corrected chi connectivity index (χ1v) is 4.96. The topological polar surface area (TPSA) is 40.9 Å². The maximum Gasteiger partial charge on any atom is 0.152 e. The summed E-state index contributed by atoms with van der Waals surface area (Å²) in [7, 11) is 0. The zero-order chi connectivity index (χ0) is 10.1. The van der Waals surface area contributed by atoms with E-state index in [9.17, 15) is 4.79 Å². The van der Waals surface area contributed by atoms with E-state index in [4.69, 9.17) is 5.26 Å². The van der Waals surface area contributed by atoms with Crippen LogP contribution in [0.5, 0.6) is 0 Å². The third kappa shape index (κ3) is 1.21. The molecule has 3 heteroatoms. The normalized spacial score (nSPS) is 10.0. The van der Waals surface area contributed by atoms with Gasteiger partial charge in [-0.15, -0.1) is 11.3 Å². The Hall–Kier alpha value is -1.66. The second-order valence-corrected chi connectivity index (χ2v) is 4.13. The average molecular weight is 201 g/mol. The molecule has 0 aliphatic carbocycles. The highest BCUT2D eigenvalue weighted by Crippen LogP contribution is 2.30. The summed E-state index contributed by atoms with van der Waals surface area (Å²) in [6.45, 7) is 1.97. The highest BCUT2D eigenvalue weighted by Gasteiger charge is 2.10. The van der Waals surface area contributed by atoms with Crippen LogP contribution in [0.4, 0.5) is 0 Å². The molecule has 1 aromatic carbocycles. The van der Waals surface area contributed by atoms with Crippen LogP contribution in [-0.2, 0) is 0 Å². The standard InChI is InChI=1S/C11H7NOS/c1-7-2-3-10-8(4-7)9(6-13)11(5-12)14-10/h2-4,6H,1H3. The second-order valence-electron chi connectivity index (χ2n) is 3.07. The van der Waals surface area contributed by atoms with Crippen molar-refractivity contribution in [3.05, 3.63) is 34.2 Å². The number of nitriles is 1. The summed E-state index contributed by atoms with van der Waals surface area (Å²) in [5.74, 6) is 0. The zero-order valence-electron chi connectivity index (χ0n) is 7.57. The van der Waals surface area contributed by atoms with Crippen LogP contribution in [0.2, 0.25) is 0 Å². The molecule has 1 aromatic heterocycles. The molecule has 0 aliphatic heterocycles. The number of rotatable bonds is 1. The van der Waals surface area contributed by atoms with E-state index >= 15 is 0 Å². The molecule has 1 heterocycles. The third-order valence-corrected chi connectivity index (χ3v) is 3.19. The van der Waals surface area contributed by atoms with Crippen molar-refractivity contribution in [3.8, 4) is 6.07 Å². The predicted octanol–water partition coefficient (Wildman–Crippen LogP) is 2.89. The van der Waals surface area contributed by atoms with Crippen molar-refractivity contribution in [1.29, 1.82) is 5.26 Å². The van der Waals surface area contributed by atoms with Gasteiger partial charge in [0.25, 0.3) is 0 Å². The zero-order valence-corrected chi connectivity index (χ0v) is 8.39. The Morgan fingerprint density at radius 3 is 2.93 bits per heavy atom. The number of thiophene rings is 1. The van der Waals surface area contributed by atoms with Crippen LogP contribution in [0.1, 0.15) is 20.8 Å². The number of carbonyl (C=O) groups excluding carboxylic acids is 1. The molecule has 2 rings (SSSR count). The fourth-order valence-electron chi connectivity index (χ4n) is 1.43. The summed E-state index contributed by atoms with van der Waals surface area (Å²) in [5, 5.41) is 9.71. The SMILES string of the molecule is Cc1ccc2sc(C#N)c(C=O)c2c1. The lowest BCUT2D eigenvalue weighted by Gasteiger charge is -1.92. The lowest BCUT2D eigenvalue weighted by Crippen LogP contribution is -1.80. The molecular weight excluding hydrogens is 194 g/mol. The van der Waals surface area contributed by atoms with E-state index in [0.29, 0.717) is 10.4 Å². The fourth-order valence-corrected chi connectivity index (χ4v) is 2.38. The highest BCUT2D eigenvalue weighted by atomic mass is 32.1. The predicted molar refractivity (Wildman–Crippen MR) is 56.7 cm³/mol. The first-order chi connectivity index (χ1) is 6.76. The summed E-state index contributed by atoms with van der Waals surface area (Å²) in [6.07, 6.45) is 0.761. The summed E-state index contributed by atoms with van der Waals surface area (Å²) in [4.78, 5) is 11.3. The molecule has 0 amide bonds. The lowest BCUT2D eigenvalue weighted by molar-refractivity contribution is 0.112. The molecule has 0 N–H and O–H groups in total. The van der Waals surface area contributed by atoms with E-state index in [2.05, 4.69) is 0 Å². The van der Waals surface area contributed by atoms with Crippen molar-refractivity contribution in [2.24, 2.45) is 0 Å². The van der Waals surface area contributed by atoms with Crippen molar-refractivity contribution in [2.75, 3.05) is 0 Å². The van der Waals surface area contributed by atoms with E-state index in [0.717, 1.165) is 21.9 Å². The highest BCUT2D eigenvalue weighted by molar-refractivity contribution is 7.20. The van der Waals surface area contributed by atoms with Gasteiger partial charge in [0, 0.05) is 10.1 Å². The number of hydrogen-bond donors (Lipinski definition) is 0. The van der Waals surface area contributed by atoms with Crippen LogP contribution < -0.4 is 0 Å². The van der Waals surface area contributed by atoms with Crippen LogP contribution in [0.15, 0.2) is 18.2 Å². The Balaban J connectivity index is 2.90. The van der Waals surface area contributed by atoms with Gasteiger partial charge in [0.05, 0.1) is 5.56 Å². The molecule has 68 valence electrons. The van der Waals surface area contributed by atoms with Gasteiger partial charge in [0.15, 0.2) is 6.29 Å². The minimum absolute atomic E-state index is 0.501. The number of aryl methyl sites for hydroxylation is 1. The number of nitrogens with zero attached hydrogens (tertiary/aromatic N) is 1. The van der Waals surface area contributed by atoms with Gasteiger partial charge in [-0.05, 0) is 19.1 Å². The minimum Gasteiger partial charge on any atom is -0.298 e. The Labute approximate surface area is 85.4 Å². The monoisotopic (exact) mass is 201 g/mol.